The molecule has 0 radical (unpaired) electrons. The van der Waals surface area contributed by atoms with E-state index in [2.05, 4.69) is 0 Å². The normalized spacial score (nSPS) is 26.0. The van der Waals surface area contributed by atoms with Crippen LogP contribution in [-0.4, -0.2) is 18.3 Å². The number of hydrogen-bond acceptors (Lipinski definition) is 3. The largest absolute Gasteiger partial charge is 0.491 e. The number of ether oxygens (including phenoxy) is 2. The lowest BCUT2D eigenvalue weighted by Gasteiger charge is -2.23. The third-order valence-electron chi connectivity index (χ3n) is 4.67. The van der Waals surface area contributed by atoms with Gasteiger partial charge in [-0.2, -0.15) is 0 Å². The fourth-order valence-electron chi connectivity index (χ4n) is 3.48. The van der Waals surface area contributed by atoms with Crippen LogP contribution in [0.15, 0.2) is 24.3 Å². The Kier molecular flexibility index (Phi) is 3.99. The van der Waals surface area contributed by atoms with Crippen molar-refractivity contribution in [2.24, 2.45) is 5.73 Å². The van der Waals surface area contributed by atoms with Crippen LogP contribution in [0.2, 0.25) is 0 Å². The molecule has 1 aromatic rings. The fourth-order valence-corrected chi connectivity index (χ4v) is 3.48. The van der Waals surface area contributed by atoms with Gasteiger partial charge in [0.15, 0.2) is 0 Å². The van der Waals surface area contributed by atoms with Crippen LogP contribution in [0.1, 0.15) is 57.1 Å². The average Bonchev–Trinajstić information content (AvgIpc) is 3.08. The predicted octanol–water partition coefficient (Wildman–Crippen LogP) is 3.58. The van der Waals surface area contributed by atoms with Crippen molar-refractivity contribution in [2.45, 2.75) is 63.2 Å². The van der Waals surface area contributed by atoms with Gasteiger partial charge in [-0.3, -0.25) is 0 Å². The van der Waals surface area contributed by atoms with E-state index in [0.29, 0.717) is 6.61 Å². The van der Waals surface area contributed by atoms with E-state index in [1.54, 1.807) is 0 Å². The van der Waals surface area contributed by atoms with E-state index in [0.717, 1.165) is 17.7 Å². The molecule has 110 valence electrons. The monoisotopic (exact) mass is 275 g/mol. The van der Waals surface area contributed by atoms with Gasteiger partial charge in [-0.15, -0.1) is 0 Å². The summed E-state index contributed by atoms with van der Waals surface area (Å²) in [5.41, 5.74) is 7.21. The summed E-state index contributed by atoms with van der Waals surface area (Å²) in [7, 11) is 0. The zero-order valence-electron chi connectivity index (χ0n) is 12.3. The van der Waals surface area contributed by atoms with Gasteiger partial charge in [-0.05, 0) is 50.3 Å². The standard InChI is InChI=1S/C17H25NO2/c1-13(18)14-5-4-6-15(11-14)19-12-16-7-10-17(20-16)8-2-3-9-17/h4-6,11,13,16H,2-3,7-10,12,18H2,1H3. The lowest BCUT2D eigenvalue weighted by Crippen LogP contribution is -2.27. The Bertz CT molecular complexity index is 452. The Hall–Kier alpha value is -1.06. The Morgan fingerprint density at radius 2 is 2.15 bits per heavy atom. The van der Waals surface area contributed by atoms with E-state index in [9.17, 15) is 0 Å². The molecule has 0 aromatic heterocycles. The molecule has 2 aliphatic rings. The smallest absolute Gasteiger partial charge is 0.119 e. The molecule has 1 saturated carbocycles. The predicted molar refractivity (Wildman–Crippen MR) is 79.8 cm³/mol. The summed E-state index contributed by atoms with van der Waals surface area (Å²) in [6.07, 6.45) is 7.72. The minimum absolute atomic E-state index is 0.0445. The Morgan fingerprint density at radius 1 is 1.35 bits per heavy atom. The molecule has 1 heterocycles. The molecular formula is C17H25NO2. The van der Waals surface area contributed by atoms with Crippen molar-refractivity contribution in [3.63, 3.8) is 0 Å². The summed E-state index contributed by atoms with van der Waals surface area (Å²) in [6, 6.07) is 8.11. The summed E-state index contributed by atoms with van der Waals surface area (Å²) in [6.45, 7) is 2.65. The van der Waals surface area contributed by atoms with Crippen LogP contribution < -0.4 is 10.5 Å². The molecule has 1 aromatic carbocycles. The SMILES string of the molecule is CC(N)c1cccc(OCC2CCC3(CCCC3)O2)c1. The first-order chi connectivity index (χ1) is 9.67. The van der Waals surface area contributed by atoms with Crippen molar-refractivity contribution in [1.82, 2.24) is 0 Å². The highest BCUT2D eigenvalue weighted by atomic mass is 16.6. The van der Waals surface area contributed by atoms with Crippen molar-refractivity contribution in [3.8, 4) is 5.75 Å². The van der Waals surface area contributed by atoms with Crippen LogP contribution in [0.3, 0.4) is 0 Å². The highest BCUT2D eigenvalue weighted by Crippen LogP contribution is 2.43. The lowest BCUT2D eigenvalue weighted by molar-refractivity contribution is -0.0508. The van der Waals surface area contributed by atoms with Crippen LogP contribution >= 0.6 is 0 Å². The molecule has 3 rings (SSSR count). The van der Waals surface area contributed by atoms with E-state index >= 15 is 0 Å². The van der Waals surface area contributed by atoms with Gasteiger partial charge in [0.2, 0.25) is 0 Å². The average molecular weight is 275 g/mol. The number of benzene rings is 1. The van der Waals surface area contributed by atoms with Crippen LogP contribution in [0.4, 0.5) is 0 Å². The molecule has 2 unspecified atom stereocenters. The number of nitrogens with two attached hydrogens (primary N) is 1. The summed E-state index contributed by atoms with van der Waals surface area (Å²) < 4.78 is 12.2. The second-order valence-corrected chi connectivity index (χ2v) is 6.34. The van der Waals surface area contributed by atoms with Crippen molar-refractivity contribution in [3.05, 3.63) is 29.8 Å². The zero-order chi connectivity index (χ0) is 14.0. The maximum absolute atomic E-state index is 6.26. The molecule has 3 nitrogen and oxygen atoms in total. The van der Waals surface area contributed by atoms with E-state index in [1.165, 1.54) is 32.1 Å². The number of hydrogen-bond donors (Lipinski definition) is 1. The van der Waals surface area contributed by atoms with Gasteiger partial charge >= 0.3 is 0 Å². The highest BCUT2D eigenvalue weighted by Gasteiger charge is 2.42. The van der Waals surface area contributed by atoms with Crippen molar-refractivity contribution < 1.29 is 9.47 Å². The molecule has 0 amide bonds. The first-order valence-electron chi connectivity index (χ1n) is 7.83. The van der Waals surface area contributed by atoms with Crippen molar-refractivity contribution in [1.29, 1.82) is 0 Å². The minimum Gasteiger partial charge on any atom is -0.491 e. The first kappa shape index (κ1) is 13.9. The van der Waals surface area contributed by atoms with E-state index < -0.39 is 0 Å². The van der Waals surface area contributed by atoms with Gasteiger partial charge in [0, 0.05) is 6.04 Å². The molecule has 20 heavy (non-hydrogen) atoms. The van der Waals surface area contributed by atoms with Gasteiger partial charge in [-0.25, -0.2) is 0 Å². The Morgan fingerprint density at radius 3 is 2.90 bits per heavy atom. The second-order valence-electron chi connectivity index (χ2n) is 6.34. The van der Waals surface area contributed by atoms with Crippen LogP contribution in [-0.2, 0) is 4.74 Å². The molecule has 1 saturated heterocycles. The van der Waals surface area contributed by atoms with Crippen LogP contribution in [0.25, 0.3) is 0 Å². The third-order valence-corrected chi connectivity index (χ3v) is 4.67. The van der Waals surface area contributed by atoms with Gasteiger partial charge < -0.3 is 15.2 Å². The highest BCUT2D eigenvalue weighted by molar-refractivity contribution is 5.30. The van der Waals surface area contributed by atoms with Crippen molar-refractivity contribution in [2.75, 3.05) is 6.61 Å². The van der Waals surface area contributed by atoms with Crippen LogP contribution in [0.5, 0.6) is 5.75 Å². The van der Waals surface area contributed by atoms with Gasteiger partial charge in [0.05, 0.1) is 11.7 Å². The second kappa shape index (κ2) is 5.74. The van der Waals surface area contributed by atoms with Crippen molar-refractivity contribution >= 4 is 0 Å². The minimum atomic E-state index is 0.0445. The van der Waals surface area contributed by atoms with Crippen LogP contribution in [0, 0.1) is 0 Å². The molecule has 2 fully saturated rings. The van der Waals surface area contributed by atoms with E-state index in [4.69, 9.17) is 15.2 Å². The summed E-state index contributed by atoms with van der Waals surface area (Å²) in [4.78, 5) is 0. The number of rotatable bonds is 4. The van der Waals surface area contributed by atoms with E-state index in [1.807, 2.05) is 31.2 Å². The molecule has 1 spiro atoms. The maximum Gasteiger partial charge on any atom is 0.119 e. The molecule has 3 heteroatoms. The van der Waals surface area contributed by atoms with Gasteiger partial charge in [0.25, 0.3) is 0 Å². The molecule has 1 aliphatic carbocycles. The fraction of sp³-hybridized carbons (Fsp3) is 0.647. The molecular weight excluding hydrogens is 250 g/mol. The Balaban J connectivity index is 1.54. The molecule has 2 N–H and O–H groups in total. The quantitative estimate of drug-likeness (QED) is 0.913. The lowest BCUT2D eigenvalue weighted by atomic mass is 9.98. The maximum atomic E-state index is 6.26. The third kappa shape index (κ3) is 2.99. The Labute approximate surface area is 121 Å². The van der Waals surface area contributed by atoms with E-state index in [-0.39, 0.29) is 17.7 Å². The molecule has 0 bridgehead atoms. The first-order valence-corrected chi connectivity index (χ1v) is 7.83. The summed E-state index contributed by atoms with van der Waals surface area (Å²) >= 11 is 0. The molecule has 1 aliphatic heterocycles. The summed E-state index contributed by atoms with van der Waals surface area (Å²) in [5.74, 6) is 0.899. The van der Waals surface area contributed by atoms with Gasteiger partial charge in [-0.1, -0.05) is 25.0 Å². The zero-order valence-corrected chi connectivity index (χ0v) is 12.3. The topological polar surface area (TPSA) is 44.5 Å². The van der Waals surface area contributed by atoms with Gasteiger partial charge in [0.1, 0.15) is 12.4 Å². The summed E-state index contributed by atoms with van der Waals surface area (Å²) in [5, 5.41) is 0. The molecule has 2 atom stereocenters.